The topological polar surface area (TPSA) is 66.5 Å². The molecule has 114 valence electrons. The first-order valence-corrected chi connectivity index (χ1v) is 5.74. The highest BCUT2D eigenvalue weighted by atomic mass is 19.4. The molecule has 1 unspecified atom stereocenters. The Hall–Kier alpha value is -1.86. The Kier molecular flexibility index (Phi) is 5.93. The van der Waals surface area contributed by atoms with E-state index in [0.29, 0.717) is 0 Å². The van der Waals surface area contributed by atoms with Gasteiger partial charge in [0.1, 0.15) is 6.04 Å². The Morgan fingerprint density at radius 2 is 1.65 bits per heavy atom. The Labute approximate surface area is 114 Å². The van der Waals surface area contributed by atoms with E-state index in [2.05, 4.69) is 11.9 Å². The van der Waals surface area contributed by atoms with Crippen LogP contribution in [-0.2, 0) is 14.4 Å². The van der Waals surface area contributed by atoms with Gasteiger partial charge in [0.2, 0.25) is 5.91 Å². The summed E-state index contributed by atoms with van der Waals surface area (Å²) in [6.45, 7) is 7.82. The lowest BCUT2D eigenvalue weighted by atomic mass is 10.0. The fraction of sp³-hybridized carbons (Fsp3) is 0.583. The number of halogens is 3. The fourth-order valence-electron chi connectivity index (χ4n) is 1.28. The van der Waals surface area contributed by atoms with E-state index in [1.165, 1.54) is 20.8 Å². The lowest BCUT2D eigenvalue weighted by Crippen LogP contribution is -2.54. The molecule has 0 spiro atoms. The fourth-order valence-corrected chi connectivity index (χ4v) is 1.28. The number of carbonyl (C=O) groups is 3. The van der Waals surface area contributed by atoms with Crippen LogP contribution < -0.4 is 5.32 Å². The van der Waals surface area contributed by atoms with E-state index in [9.17, 15) is 27.6 Å². The Bertz CT molecular complexity index is 430. The molecule has 0 aromatic carbocycles. The van der Waals surface area contributed by atoms with E-state index in [1.807, 2.05) is 0 Å². The second kappa shape index (κ2) is 6.53. The van der Waals surface area contributed by atoms with Crippen LogP contribution >= 0.6 is 0 Å². The highest BCUT2D eigenvalue weighted by molar-refractivity contribution is 6.02. The zero-order valence-corrected chi connectivity index (χ0v) is 11.7. The lowest BCUT2D eigenvalue weighted by Gasteiger charge is -2.26. The van der Waals surface area contributed by atoms with Crippen LogP contribution in [0.4, 0.5) is 13.2 Å². The molecule has 5 nitrogen and oxygen atoms in total. The summed E-state index contributed by atoms with van der Waals surface area (Å²) in [5.41, 5.74) is 0.105. The number of nitrogens with one attached hydrogen (secondary N) is 1. The lowest BCUT2D eigenvalue weighted by molar-refractivity contribution is -0.186. The molecule has 0 rings (SSSR count). The number of likely N-dealkylation sites (N-methyl/N-ethyl adjacent to an activating group) is 1. The van der Waals surface area contributed by atoms with Gasteiger partial charge in [0.25, 0.3) is 5.91 Å². The molecule has 0 saturated heterocycles. The number of nitrogens with zero attached hydrogens (tertiary/aromatic N) is 1. The van der Waals surface area contributed by atoms with Crippen molar-refractivity contribution < 1.29 is 27.6 Å². The smallest absolute Gasteiger partial charge is 0.340 e. The zero-order chi connectivity index (χ0) is 16.2. The van der Waals surface area contributed by atoms with Gasteiger partial charge >= 0.3 is 12.1 Å². The molecule has 0 aliphatic rings. The number of hydrogen-bond donors (Lipinski definition) is 1. The SMILES string of the molecule is C=C(C)C(=O)NC(C(=O)N(C)C(=O)C(F)(F)F)C(C)C. The third kappa shape index (κ3) is 4.67. The first-order valence-electron chi connectivity index (χ1n) is 5.74. The number of imide groups is 1. The van der Waals surface area contributed by atoms with E-state index in [0.717, 1.165) is 7.05 Å². The third-order valence-electron chi connectivity index (χ3n) is 2.48. The predicted molar refractivity (Wildman–Crippen MR) is 65.4 cm³/mol. The third-order valence-corrected chi connectivity index (χ3v) is 2.48. The van der Waals surface area contributed by atoms with Crippen LogP contribution in [0.1, 0.15) is 20.8 Å². The highest BCUT2D eigenvalue weighted by Gasteiger charge is 2.44. The average Bonchev–Trinajstić information content (AvgIpc) is 2.31. The molecular weight excluding hydrogens is 277 g/mol. The number of alkyl halides is 3. The van der Waals surface area contributed by atoms with Gasteiger partial charge in [-0.15, -0.1) is 0 Å². The molecule has 8 heteroatoms. The van der Waals surface area contributed by atoms with Gasteiger partial charge in [0, 0.05) is 12.6 Å². The molecule has 0 aromatic rings. The summed E-state index contributed by atoms with van der Waals surface area (Å²) in [5.74, 6) is -4.56. The summed E-state index contributed by atoms with van der Waals surface area (Å²) in [5, 5.41) is 2.25. The van der Waals surface area contributed by atoms with Gasteiger partial charge in [-0.25, -0.2) is 0 Å². The normalized spacial score (nSPS) is 12.8. The van der Waals surface area contributed by atoms with Gasteiger partial charge in [0.15, 0.2) is 0 Å². The van der Waals surface area contributed by atoms with Gasteiger partial charge in [-0.05, 0) is 12.8 Å². The molecule has 1 atom stereocenters. The standard InChI is InChI=1S/C12H17F3N2O3/c1-6(2)8(16-9(18)7(3)4)10(19)17(5)11(20)12(13,14)15/h6,8H,3H2,1-2,4-5H3,(H,16,18). The summed E-state index contributed by atoms with van der Waals surface area (Å²) in [7, 11) is 0.723. The van der Waals surface area contributed by atoms with Crippen LogP contribution in [0, 0.1) is 5.92 Å². The molecule has 3 amide bonds. The van der Waals surface area contributed by atoms with Crippen molar-refractivity contribution in [2.75, 3.05) is 7.05 Å². The van der Waals surface area contributed by atoms with E-state index in [-0.39, 0.29) is 10.5 Å². The van der Waals surface area contributed by atoms with Crippen LogP contribution in [0.25, 0.3) is 0 Å². The number of carbonyl (C=O) groups excluding carboxylic acids is 3. The van der Waals surface area contributed by atoms with Gasteiger partial charge in [-0.3, -0.25) is 19.3 Å². The monoisotopic (exact) mass is 294 g/mol. The number of rotatable bonds is 4. The largest absolute Gasteiger partial charge is 0.471 e. The van der Waals surface area contributed by atoms with E-state index >= 15 is 0 Å². The molecule has 0 fully saturated rings. The number of hydrogen-bond acceptors (Lipinski definition) is 3. The van der Waals surface area contributed by atoms with Crippen LogP contribution in [0.3, 0.4) is 0 Å². The summed E-state index contributed by atoms with van der Waals surface area (Å²) in [6, 6.07) is -1.24. The summed E-state index contributed by atoms with van der Waals surface area (Å²) >= 11 is 0. The second-order valence-electron chi connectivity index (χ2n) is 4.68. The van der Waals surface area contributed by atoms with Gasteiger partial charge in [0.05, 0.1) is 0 Å². The van der Waals surface area contributed by atoms with Crippen molar-refractivity contribution in [2.45, 2.75) is 33.0 Å². The highest BCUT2D eigenvalue weighted by Crippen LogP contribution is 2.19. The maximum Gasteiger partial charge on any atom is 0.471 e. The first-order chi connectivity index (χ1) is 8.89. The maximum absolute atomic E-state index is 12.3. The van der Waals surface area contributed by atoms with E-state index in [4.69, 9.17) is 0 Å². The Morgan fingerprint density at radius 1 is 1.20 bits per heavy atom. The van der Waals surface area contributed by atoms with Crippen molar-refractivity contribution in [1.29, 1.82) is 0 Å². The molecule has 0 radical (unpaired) electrons. The van der Waals surface area contributed by atoms with Crippen molar-refractivity contribution in [2.24, 2.45) is 5.92 Å². The maximum atomic E-state index is 12.3. The van der Waals surface area contributed by atoms with Crippen LogP contribution in [0.5, 0.6) is 0 Å². The molecule has 0 aliphatic carbocycles. The van der Waals surface area contributed by atoms with Gasteiger partial charge < -0.3 is 5.32 Å². The molecule has 1 N–H and O–H groups in total. The second-order valence-corrected chi connectivity index (χ2v) is 4.68. The average molecular weight is 294 g/mol. The van der Waals surface area contributed by atoms with Crippen molar-refractivity contribution in [1.82, 2.24) is 10.2 Å². The van der Waals surface area contributed by atoms with Crippen molar-refractivity contribution in [3.8, 4) is 0 Å². The summed E-state index contributed by atoms with van der Waals surface area (Å²) in [4.78, 5) is 34.3. The molecule has 0 aliphatic heterocycles. The Balaban J connectivity index is 5.13. The predicted octanol–water partition coefficient (Wildman–Crippen LogP) is 1.25. The molecule has 20 heavy (non-hydrogen) atoms. The summed E-state index contributed by atoms with van der Waals surface area (Å²) in [6.07, 6.45) is -5.15. The molecular formula is C12H17F3N2O3. The van der Waals surface area contributed by atoms with Crippen LogP contribution in [0.2, 0.25) is 0 Å². The van der Waals surface area contributed by atoms with Crippen LogP contribution in [0.15, 0.2) is 12.2 Å². The Morgan fingerprint density at radius 3 is 1.95 bits per heavy atom. The van der Waals surface area contributed by atoms with Gasteiger partial charge in [-0.1, -0.05) is 20.4 Å². The van der Waals surface area contributed by atoms with Crippen molar-refractivity contribution in [3.63, 3.8) is 0 Å². The minimum Gasteiger partial charge on any atom is -0.340 e. The minimum atomic E-state index is -5.15. The molecule has 0 saturated carbocycles. The van der Waals surface area contributed by atoms with Crippen molar-refractivity contribution in [3.05, 3.63) is 12.2 Å². The van der Waals surface area contributed by atoms with E-state index < -0.39 is 35.9 Å². The quantitative estimate of drug-likeness (QED) is 0.794. The molecule has 0 aromatic heterocycles. The molecule has 0 heterocycles. The van der Waals surface area contributed by atoms with Gasteiger partial charge in [-0.2, -0.15) is 13.2 Å². The number of amides is 3. The van der Waals surface area contributed by atoms with Crippen molar-refractivity contribution >= 4 is 17.7 Å². The van der Waals surface area contributed by atoms with Crippen LogP contribution in [-0.4, -0.2) is 41.9 Å². The zero-order valence-electron chi connectivity index (χ0n) is 11.7. The first kappa shape index (κ1) is 18.1. The summed E-state index contributed by atoms with van der Waals surface area (Å²) < 4.78 is 36.8. The van der Waals surface area contributed by atoms with E-state index in [1.54, 1.807) is 0 Å². The molecule has 0 bridgehead atoms. The minimum absolute atomic E-state index is 0.0383.